The molecule has 8 rings (SSSR count). The summed E-state index contributed by atoms with van der Waals surface area (Å²) >= 11 is 0. The fourth-order valence-electron chi connectivity index (χ4n) is 6.22. The van der Waals surface area contributed by atoms with Crippen molar-refractivity contribution in [2.45, 2.75) is 6.54 Å². The first-order valence-corrected chi connectivity index (χ1v) is 15.0. The zero-order chi connectivity index (χ0) is 30.2. The van der Waals surface area contributed by atoms with E-state index in [1.54, 1.807) is 0 Å². The van der Waals surface area contributed by atoms with Crippen LogP contribution in [0.25, 0.3) is 55.2 Å². The van der Waals surface area contributed by atoms with Gasteiger partial charge in [0.05, 0.1) is 16.9 Å². The molecule has 0 aliphatic rings. The lowest BCUT2D eigenvalue weighted by Crippen LogP contribution is -2.16. The van der Waals surface area contributed by atoms with Gasteiger partial charge in [-0.15, -0.1) is 0 Å². The molecule has 0 saturated carbocycles. The molecule has 0 radical (unpaired) electrons. The minimum absolute atomic E-state index is 0.712. The molecule has 0 aliphatic heterocycles. The fraction of sp³-hybridized carbons (Fsp3) is 0.0244. The fourth-order valence-corrected chi connectivity index (χ4v) is 6.22. The van der Waals surface area contributed by atoms with Crippen molar-refractivity contribution in [2.75, 3.05) is 4.90 Å². The van der Waals surface area contributed by atoms with E-state index in [0.29, 0.717) is 6.54 Å². The van der Waals surface area contributed by atoms with Crippen LogP contribution in [-0.4, -0.2) is 11.7 Å². The molecular weight excluding hydrogens is 550 g/mol. The third-order valence-corrected chi connectivity index (χ3v) is 8.39. The number of nitrogens with zero attached hydrogens (tertiary/aromatic N) is 3. The highest BCUT2D eigenvalue weighted by molar-refractivity contribution is 6.20. The monoisotopic (exact) mass is 579 g/mol. The van der Waals surface area contributed by atoms with Gasteiger partial charge in [0.2, 0.25) is 0 Å². The number of para-hydroxylation sites is 4. The minimum Gasteiger partial charge on any atom is -0.454 e. The highest BCUT2D eigenvalue weighted by Gasteiger charge is 2.18. The Labute approximate surface area is 261 Å². The SMILES string of the molecule is C=Nc1ccccc1N(Cc1ccccc1)c1ccc(-c2cccc(-c3nc4ccccc4c4c3oc3ccccc34)c2)cc1. The molecule has 0 saturated heterocycles. The van der Waals surface area contributed by atoms with E-state index in [1.807, 2.05) is 42.5 Å². The van der Waals surface area contributed by atoms with Crippen LogP contribution < -0.4 is 4.90 Å². The number of hydrogen-bond donors (Lipinski definition) is 0. The number of rotatable bonds is 7. The first kappa shape index (κ1) is 26.6. The highest BCUT2D eigenvalue weighted by atomic mass is 16.3. The van der Waals surface area contributed by atoms with Crippen LogP contribution in [-0.2, 0) is 6.54 Å². The summed E-state index contributed by atoms with van der Waals surface area (Å²) in [5, 5.41) is 3.31. The molecule has 2 aromatic heterocycles. The van der Waals surface area contributed by atoms with Gasteiger partial charge in [-0.25, -0.2) is 4.98 Å². The molecule has 0 bridgehead atoms. The Hall–Kier alpha value is -6.00. The van der Waals surface area contributed by atoms with Gasteiger partial charge in [0.25, 0.3) is 0 Å². The Bertz CT molecular complexity index is 2320. The van der Waals surface area contributed by atoms with E-state index in [-0.39, 0.29) is 0 Å². The Morgan fingerprint density at radius 1 is 0.622 bits per heavy atom. The molecule has 0 N–H and O–H groups in total. The van der Waals surface area contributed by atoms with Crippen LogP contribution in [0.3, 0.4) is 0 Å². The van der Waals surface area contributed by atoms with Crippen molar-refractivity contribution < 1.29 is 4.42 Å². The molecule has 0 amide bonds. The van der Waals surface area contributed by atoms with E-state index in [2.05, 4.69) is 126 Å². The molecule has 4 nitrogen and oxygen atoms in total. The zero-order valence-electron chi connectivity index (χ0n) is 24.6. The van der Waals surface area contributed by atoms with E-state index >= 15 is 0 Å². The van der Waals surface area contributed by atoms with E-state index in [9.17, 15) is 0 Å². The van der Waals surface area contributed by atoms with Crippen molar-refractivity contribution in [3.8, 4) is 22.4 Å². The second-order valence-electron chi connectivity index (χ2n) is 11.1. The summed E-state index contributed by atoms with van der Waals surface area (Å²) in [5.74, 6) is 0. The van der Waals surface area contributed by atoms with E-state index in [0.717, 1.165) is 72.3 Å². The van der Waals surface area contributed by atoms with Gasteiger partial charge in [0.15, 0.2) is 5.58 Å². The lowest BCUT2D eigenvalue weighted by molar-refractivity contribution is 0.669. The molecule has 0 aliphatic carbocycles. The summed E-state index contributed by atoms with van der Waals surface area (Å²) < 4.78 is 6.46. The van der Waals surface area contributed by atoms with Gasteiger partial charge in [0.1, 0.15) is 11.3 Å². The summed E-state index contributed by atoms with van der Waals surface area (Å²) in [6.07, 6.45) is 0. The third-order valence-electron chi connectivity index (χ3n) is 8.39. The van der Waals surface area contributed by atoms with Crippen LogP contribution in [0.1, 0.15) is 5.56 Å². The smallest absolute Gasteiger partial charge is 0.162 e. The maximum absolute atomic E-state index is 6.46. The van der Waals surface area contributed by atoms with Crippen molar-refractivity contribution in [1.82, 2.24) is 4.98 Å². The molecule has 214 valence electrons. The second-order valence-corrected chi connectivity index (χ2v) is 11.1. The Balaban J connectivity index is 1.20. The molecule has 0 fully saturated rings. The zero-order valence-corrected chi connectivity index (χ0v) is 24.6. The summed E-state index contributed by atoms with van der Waals surface area (Å²) in [6, 6.07) is 52.4. The Morgan fingerprint density at radius 2 is 1.33 bits per heavy atom. The van der Waals surface area contributed by atoms with Gasteiger partial charge in [-0.2, -0.15) is 0 Å². The molecule has 45 heavy (non-hydrogen) atoms. The number of pyridine rings is 1. The average molecular weight is 580 g/mol. The first-order chi connectivity index (χ1) is 22.3. The molecule has 8 aromatic rings. The van der Waals surface area contributed by atoms with Crippen molar-refractivity contribution in [2.24, 2.45) is 4.99 Å². The predicted molar refractivity (Wildman–Crippen MR) is 188 cm³/mol. The van der Waals surface area contributed by atoms with Crippen molar-refractivity contribution in [3.05, 3.63) is 157 Å². The van der Waals surface area contributed by atoms with Gasteiger partial charge in [0, 0.05) is 34.0 Å². The lowest BCUT2D eigenvalue weighted by atomic mass is 9.99. The largest absolute Gasteiger partial charge is 0.454 e. The maximum Gasteiger partial charge on any atom is 0.162 e. The number of hydrogen-bond acceptors (Lipinski definition) is 4. The Morgan fingerprint density at radius 3 is 2.18 bits per heavy atom. The predicted octanol–water partition coefficient (Wildman–Crippen LogP) is 11.1. The summed E-state index contributed by atoms with van der Waals surface area (Å²) in [5.41, 5.74) is 10.9. The molecular formula is C41H29N3O. The van der Waals surface area contributed by atoms with Gasteiger partial charge in [-0.1, -0.05) is 109 Å². The molecule has 0 atom stereocenters. The number of aliphatic imine (C=N–C) groups is 1. The Kier molecular flexibility index (Phi) is 6.65. The van der Waals surface area contributed by atoms with Crippen LogP contribution in [0.15, 0.2) is 161 Å². The molecule has 2 heterocycles. The normalized spacial score (nSPS) is 11.3. The molecule has 6 aromatic carbocycles. The van der Waals surface area contributed by atoms with E-state index in [1.165, 1.54) is 5.56 Å². The van der Waals surface area contributed by atoms with Crippen LogP contribution in [0, 0.1) is 0 Å². The summed E-state index contributed by atoms with van der Waals surface area (Å²) in [7, 11) is 0. The number of benzene rings is 6. The van der Waals surface area contributed by atoms with Crippen LogP contribution in [0.4, 0.5) is 17.1 Å². The number of furan rings is 1. The van der Waals surface area contributed by atoms with Gasteiger partial charge in [-0.05, 0) is 65.9 Å². The summed E-state index contributed by atoms with van der Waals surface area (Å²) in [4.78, 5) is 11.7. The van der Waals surface area contributed by atoms with Gasteiger partial charge in [-0.3, -0.25) is 4.99 Å². The second kappa shape index (κ2) is 11.3. The molecule has 4 heteroatoms. The van der Waals surface area contributed by atoms with Crippen molar-refractivity contribution >= 4 is 56.6 Å². The van der Waals surface area contributed by atoms with Crippen LogP contribution >= 0.6 is 0 Å². The van der Waals surface area contributed by atoms with Crippen LogP contribution in [0.2, 0.25) is 0 Å². The maximum atomic E-state index is 6.46. The topological polar surface area (TPSA) is 41.6 Å². The van der Waals surface area contributed by atoms with E-state index < -0.39 is 0 Å². The molecule has 0 spiro atoms. The molecule has 0 unspecified atom stereocenters. The summed E-state index contributed by atoms with van der Waals surface area (Å²) in [6.45, 7) is 4.53. The highest BCUT2D eigenvalue weighted by Crippen LogP contribution is 2.40. The van der Waals surface area contributed by atoms with Crippen LogP contribution in [0.5, 0.6) is 0 Å². The number of aromatic nitrogens is 1. The van der Waals surface area contributed by atoms with E-state index in [4.69, 9.17) is 9.40 Å². The quantitative estimate of drug-likeness (QED) is 0.176. The standard InChI is InChI=1S/C41H29N3O/c1-42-36-19-8-9-20-37(36)44(27-28-12-3-2-4-13-28)32-24-22-29(23-25-32)30-14-11-15-31(26-30)40-41-39(33-16-5-7-18-35(33)43-40)34-17-6-10-21-38(34)45-41/h2-26H,1,27H2. The first-order valence-electron chi connectivity index (χ1n) is 15.0. The number of anilines is 2. The van der Waals surface area contributed by atoms with Crippen molar-refractivity contribution in [3.63, 3.8) is 0 Å². The number of fused-ring (bicyclic) bond motifs is 5. The average Bonchev–Trinajstić information content (AvgIpc) is 3.51. The van der Waals surface area contributed by atoms with Gasteiger partial charge >= 0.3 is 0 Å². The lowest BCUT2D eigenvalue weighted by Gasteiger charge is -2.26. The van der Waals surface area contributed by atoms with Crippen molar-refractivity contribution in [1.29, 1.82) is 0 Å². The van der Waals surface area contributed by atoms with Gasteiger partial charge < -0.3 is 9.32 Å². The minimum atomic E-state index is 0.712. The third kappa shape index (κ3) is 4.83.